The zero-order valence-corrected chi connectivity index (χ0v) is 17.9. The molecule has 3 rings (SSSR count). The number of para-hydroxylation sites is 2. The lowest BCUT2D eigenvalue weighted by Crippen LogP contribution is -2.41. The first-order valence-electron chi connectivity index (χ1n) is 8.84. The van der Waals surface area contributed by atoms with Crippen molar-refractivity contribution in [3.63, 3.8) is 0 Å². The van der Waals surface area contributed by atoms with E-state index in [-0.39, 0.29) is 35.8 Å². The van der Waals surface area contributed by atoms with E-state index >= 15 is 0 Å². The molecule has 146 valence electrons. The zero-order valence-electron chi connectivity index (χ0n) is 15.6. The molecule has 0 aliphatic carbocycles. The fourth-order valence-corrected chi connectivity index (χ4v) is 3.00. The van der Waals surface area contributed by atoms with Crippen LogP contribution in [0, 0.1) is 0 Å². The lowest BCUT2D eigenvalue weighted by atomic mass is 10.0. The molecule has 1 aliphatic heterocycles. The Bertz CT molecular complexity index is 783. The van der Waals surface area contributed by atoms with Gasteiger partial charge in [0.1, 0.15) is 5.75 Å². The van der Waals surface area contributed by atoms with Gasteiger partial charge < -0.3 is 25.2 Å². The van der Waals surface area contributed by atoms with Crippen LogP contribution in [-0.2, 0) is 6.54 Å². The van der Waals surface area contributed by atoms with E-state index < -0.39 is 0 Å². The monoisotopic (exact) mass is 483 g/mol. The Morgan fingerprint density at radius 2 is 2.07 bits per heavy atom. The molecule has 0 saturated heterocycles. The van der Waals surface area contributed by atoms with E-state index in [9.17, 15) is 5.11 Å². The van der Waals surface area contributed by atoms with E-state index in [1.54, 1.807) is 6.07 Å². The normalized spacial score (nSPS) is 15.8. The van der Waals surface area contributed by atoms with Gasteiger partial charge in [0.25, 0.3) is 0 Å². The highest BCUT2D eigenvalue weighted by atomic mass is 127. The van der Waals surface area contributed by atoms with Crippen LogP contribution in [0.3, 0.4) is 0 Å². The van der Waals surface area contributed by atoms with Crippen LogP contribution in [0.2, 0.25) is 0 Å². The summed E-state index contributed by atoms with van der Waals surface area (Å²) in [7, 11) is 1.54. The second-order valence-electron chi connectivity index (χ2n) is 6.04. The van der Waals surface area contributed by atoms with Gasteiger partial charge in [-0.3, -0.25) is 0 Å². The van der Waals surface area contributed by atoms with E-state index in [4.69, 9.17) is 9.47 Å². The Labute approximate surface area is 177 Å². The van der Waals surface area contributed by atoms with Crippen LogP contribution >= 0.6 is 24.0 Å². The lowest BCUT2D eigenvalue weighted by Gasteiger charge is -2.28. The van der Waals surface area contributed by atoms with Crippen LogP contribution in [0.4, 0.5) is 0 Å². The van der Waals surface area contributed by atoms with Gasteiger partial charge in [0.05, 0.1) is 26.3 Å². The van der Waals surface area contributed by atoms with Crippen molar-refractivity contribution in [2.75, 3.05) is 20.3 Å². The minimum Gasteiger partial charge on any atom is -0.504 e. The van der Waals surface area contributed by atoms with E-state index in [1.807, 2.05) is 37.3 Å². The average molecular weight is 483 g/mol. The summed E-state index contributed by atoms with van der Waals surface area (Å²) in [5, 5.41) is 17.0. The minimum absolute atomic E-state index is 0. The first kappa shape index (κ1) is 21.1. The molecule has 2 aromatic carbocycles. The van der Waals surface area contributed by atoms with Crippen molar-refractivity contribution >= 4 is 29.9 Å². The number of nitrogens with one attached hydrogen (secondary N) is 2. The summed E-state index contributed by atoms with van der Waals surface area (Å²) in [6, 6.07) is 13.6. The van der Waals surface area contributed by atoms with Gasteiger partial charge in [0, 0.05) is 24.1 Å². The third kappa shape index (κ3) is 5.18. The summed E-state index contributed by atoms with van der Waals surface area (Å²) >= 11 is 0. The molecule has 1 heterocycles. The zero-order chi connectivity index (χ0) is 18.4. The first-order chi connectivity index (χ1) is 12.7. The van der Waals surface area contributed by atoms with Crippen LogP contribution in [0.15, 0.2) is 47.5 Å². The number of ether oxygens (including phenoxy) is 2. The predicted molar refractivity (Wildman–Crippen MR) is 117 cm³/mol. The summed E-state index contributed by atoms with van der Waals surface area (Å²) in [6.45, 7) is 3.80. The molecule has 3 N–H and O–H groups in total. The number of aromatic hydroxyl groups is 1. The van der Waals surface area contributed by atoms with Crippen LogP contribution in [0.1, 0.15) is 30.5 Å². The molecule has 1 unspecified atom stereocenters. The number of fused-ring (bicyclic) bond motifs is 1. The number of halogens is 1. The highest BCUT2D eigenvalue weighted by Gasteiger charge is 2.21. The maximum atomic E-state index is 10.2. The molecule has 0 radical (unpaired) electrons. The summed E-state index contributed by atoms with van der Waals surface area (Å²) in [6.07, 6.45) is 0.867. The highest BCUT2D eigenvalue weighted by molar-refractivity contribution is 14.0. The van der Waals surface area contributed by atoms with Crippen molar-refractivity contribution in [3.05, 3.63) is 53.6 Å². The number of phenolic OH excluding ortho intramolecular Hbond substituents is 1. The Morgan fingerprint density at radius 3 is 2.85 bits per heavy atom. The van der Waals surface area contributed by atoms with Gasteiger partial charge in [-0.2, -0.15) is 0 Å². The molecule has 1 aliphatic rings. The van der Waals surface area contributed by atoms with Gasteiger partial charge in [-0.1, -0.05) is 30.3 Å². The summed E-state index contributed by atoms with van der Waals surface area (Å²) in [5.41, 5.74) is 1.85. The molecule has 27 heavy (non-hydrogen) atoms. The average Bonchev–Trinajstić information content (AvgIpc) is 2.67. The number of guanidine groups is 1. The molecule has 0 bridgehead atoms. The lowest BCUT2D eigenvalue weighted by molar-refractivity contribution is 0.261. The molecule has 0 spiro atoms. The van der Waals surface area contributed by atoms with E-state index in [0.717, 1.165) is 24.3 Å². The summed E-state index contributed by atoms with van der Waals surface area (Å²) < 4.78 is 10.9. The predicted octanol–water partition coefficient (Wildman–Crippen LogP) is 3.60. The molecule has 0 aromatic heterocycles. The standard InChI is InChI=1S/C20H25N3O3.HI/c1-3-21-20(22-13-14-7-6-10-18(25-2)19(14)24)23-16-11-12-26-17-9-5-4-8-15(16)17;/h4-10,16,24H,3,11-13H2,1-2H3,(H2,21,22,23);1H. The third-order valence-corrected chi connectivity index (χ3v) is 4.32. The maximum absolute atomic E-state index is 10.2. The largest absolute Gasteiger partial charge is 0.504 e. The number of phenols is 1. The van der Waals surface area contributed by atoms with Crippen LogP contribution in [0.25, 0.3) is 0 Å². The van der Waals surface area contributed by atoms with Gasteiger partial charge in [-0.05, 0) is 19.1 Å². The number of aliphatic imine (C=N–C) groups is 1. The maximum Gasteiger partial charge on any atom is 0.192 e. The number of methoxy groups -OCH3 is 1. The Morgan fingerprint density at radius 1 is 1.26 bits per heavy atom. The highest BCUT2D eigenvalue weighted by Crippen LogP contribution is 2.32. The molecule has 0 saturated carbocycles. The smallest absolute Gasteiger partial charge is 0.192 e. The summed E-state index contributed by atoms with van der Waals surface area (Å²) in [4.78, 5) is 4.63. The van der Waals surface area contributed by atoms with Gasteiger partial charge in [-0.25, -0.2) is 4.99 Å². The number of benzene rings is 2. The fourth-order valence-electron chi connectivity index (χ4n) is 3.00. The second kappa shape index (κ2) is 10.2. The summed E-state index contributed by atoms with van der Waals surface area (Å²) in [5.74, 6) is 2.20. The molecule has 1 atom stereocenters. The number of hydrogen-bond acceptors (Lipinski definition) is 4. The molecule has 7 heteroatoms. The van der Waals surface area contributed by atoms with Crippen molar-refractivity contribution in [1.29, 1.82) is 0 Å². The minimum atomic E-state index is 0. The van der Waals surface area contributed by atoms with Gasteiger partial charge in [0.15, 0.2) is 17.5 Å². The van der Waals surface area contributed by atoms with Crippen LogP contribution in [-0.4, -0.2) is 31.3 Å². The van der Waals surface area contributed by atoms with E-state index in [0.29, 0.717) is 30.4 Å². The molecule has 6 nitrogen and oxygen atoms in total. The number of nitrogens with zero attached hydrogens (tertiary/aromatic N) is 1. The molecule has 2 aromatic rings. The van der Waals surface area contributed by atoms with Crippen molar-refractivity contribution < 1.29 is 14.6 Å². The SMILES string of the molecule is CCNC(=NCc1cccc(OC)c1O)NC1CCOc2ccccc21.I. The van der Waals surface area contributed by atoms with Crippen LogP contribution in [0.5, 0.6) is 17.2 Å². The first-order valence-corrected chi connectivity index (χ1v) is 8.84. The van der Waals surface area contributed by atoms with Crippen molar-refractivity contribution in [3.8, 4) is 17.2 Å². The van der Waals surface area contributed by atoms with Gasteiger partial charge in [0.2, 0.25) is 0 Å². The van der Waals surface area contributed by atoms with Crippen molar-refractivity contribution in [2.24, 2.45) is 4.99 Å². The molecular weight excluding hydrogens is 457 g/mol. The fraction of sp³-hybridized carbons (Fsp3) is 0.350. The third-order valence-electron chi connectivity index (χ3n) is 4.32. The van der Waals surface area contributed by atoms with Crippen LogP contribution < -0.4 is 20.1 Å². The van der Waals surface area contributed by atoms with Gasteiger partial charge >= 0.3 is 0 Å². The Kier molecular flexibility index (Phi) is 8.02. The van der Waals surface area contributed by atoms with Gasteiger partial charge in [-0.15, -0.1) is 24.0 Å². The Balaban J connectivity index is 0.00000261. The molecule has 0 amide bonds. The quantitative estimate of drug-likeness (QED) is 0.345. The second-order valence-corrected chi connectivity index (χ2v) is 6.04. The van der Waals surface area contributed by atoms with Crippen molar-refractivity contribution in [2.45, 2.75) is 25.9 Å². The van der Waals surface area contributed by atoms with E-state index in [1.165, 1.54) is 7.11 Å². The number of rotatable bonds is 5. The topological polar surface area (TPSA) is 75.1 Å². The van der Waals surface area contributed by atoms with E-state index in [2.05, 4.69) is 21.7 Å². The number of hydrogen-bond donors (Lipinski definition) is 3. The Hall–Kier alpha value is -2.16. The molecular formula is C20H26IN3O3. The van der Waals surface area contributed by atoms with Crippen molar-refractivity contribution in [1.82, 2.24) is 10.6 Å². The molecule has 0 fully saturated rings.